The minimum Gasteiger partial charge on any atom is -0.487 e. The molecule has 2 aliphatic heterocycles. The summed E-state index contributed by atoms with van der Waals surface area (Å²) in [5, 5.41) is 0. The quantitative estimate of drug-likeness (QED) is 0.475. The van der Waals surface area contributed by atoms with Crippen molar-refractivity contribution in [3.05, 3.63) is 86.3 Å². The van der Waals surface area contributed by atoms with Crippen LogP contribution in [0.5, 0.6) is 5.75 Å². The smallest absolute Gasteiger partial charge is 0.253 e. The number of piperazine rings is 1. The van der Waals surface area contributed by atoms with E-state index in [0.717, 1.165) is 59.9 Å². The number of nitrogens with zero attached hydrogens (tertiary/aromatic N) is 2. The lowest BCUT2D eigenvalue weighted by molar-refractivity contribution is 0.0664. The fourth-order valence-corrected chi connectivity index (χ4v) is 5.65. The van der Waals surface area contributed by atoms with E-state index in [2.05, 4.69) is 16.9 Å². The van der Waals surface area contributed by atoms with Crippen molar-refractivity contribution in [1.29, 1.82) is 0 Å². The van der Waals surface area contributed by atoms with Crippen molar-refractivity contribution in [2.75, 3.05) is 33.2 Å². The van der Waals surface area contributed by atoms with Gasteiger partial charge in [-0.2, -0.15) is 0 Å². The fourth-order valence-electron chi connectivity index (χ4n) is 5.65. The zero-order chi connectivity index (χ0) is 27.9. The van der Waals surface area contributed by atoms with Gasteiger partial charge >= 0.3 is 0 Å². The number of pyridine rings is 1. The standard InChI is InChI=1S/C32H37N3O4/c1-20-16-21(2)33-30(37)26(20)10-11-28(36)24-17-25-19-32(3,4)39-29(25)27(18-24)22-6-8-23(9-7-22)31(38)35-14-12-34(5)13-15-35/h6-9,16-18H,10-15,19H2,1-5H3,(H,33,37). The first-order chi connectivity index (χ1) is 18.5. The number of aromatic nitrogens is 1. The van der Waals surface area contributed by atoms with Gasteiger partial charge < -0.3 is 19.5 Å². The average molecular weight is 528 g/mol. The van der Waals surface area contributed by atoms with E-state index in [1.165, 1.54) is 0 Å². The van der Waals surface area contributed by atoms with Gasteiger partial charge in [0.25, 0.3) is 11.5 Å². The maximum Gasteiger partial charge on any atom is 0.253 e. The van der Waals surface area contributed by atoms with E-state index in [1.54, 1.807) is 0 Å². The molecule has 204 valence electrons. The highest BCUT2D eigenvalue weighted by atomic mass is 16.5. The van der Waals surface area contributed by atoms with Gasteiger partial charge in [-0.15, -0.1) is 0 Å². The van der Waals surface area contributed by atoms with Gasteiger partial charge in [0.05, 0.1) is 0 Å². The molecule has 0 spiro atoms. The predicted molar refractivity (Wildman–Crippen MR) is 153 cm³/mol. The maximum atomic E-state index is 13.4. The number of rotatable bonds is 6. The fraction of sp³-hybridized carbons (Fsp3) is 0.406. The highest BCUT2D eigenvalue weighted by Gasteiger charge is 2.33. The van der Waals surface area contributed by atoms with Crippen LogP contribution in [0.4, 0.5) is 0 Å². The van der Waals surface area contributed by atoms with Crippen LogP contribution in [-0.2, 0) is 12.8 Å². The summed E-state index contributed by atoms with van der Waals surface area (Å²) in [6.07, 6.45) is 1.33. The molecule has 0 aliphatic carbocycles. The molecule has 1 N–H and O–H groups in total. The lowest BCUT2D eigenvalue weighted by Crippen LogP contribution is -2.47. The number of H-pyrrole nitrogens is 1. The monoisotopic (exact) mass is 527 g/mol. The molecule has 2 aromatic carbocycles. The molecule has 7 nitrogen and oxygen atoms in total. The Hall–Kier alpha value is -3.71. The summed E-state index contributed by atoms with van der Waals surface area (Å²) < 4.78 is 6.33. The third kappa shape index (κ3) is 5.69. The van der Waals surface area contributed by atoms with Crippen molar-refractivity contribution < 1.29 is 14.3 Å². The van der Waals surface area contributed by atoms with Crippen LogP contribution in [0.1, 0.15) is 63.4 Å². The van der Waals surface area contributed by atoms with Crippen LogP contribution >= 0.6 is 0 Å². The number of carbonyl (C=O) groups excluding carboxylic acids is 2. The molecule has 0 bridgehead atoms. The minimum atomic E-state index is -0.373. The van der Waals surface area contributed by atoms with Crippen LogP contribution in [0.25, 0.3) is 11.1 Å². The average Bonchev–Trinajstić information content (AvgIpc) is 3.21. The second kappa shape index (κ2) is 10.5. The Bertz CT molecular complexity index is 1480. The van der Waals surface area contributed by atoms with Gasteiger partial charge in [-0.25, -0.2) is 0 Å². The number of likely N-dealkylation sites (N-methyl/N-ethyl adjacent to an activating group) is 1. The second-order valence-electron chi connectivity index (χ2n) is 11.6. The Kier molecular flexibility index (Phi) is 7.21. The van der Waals surface area contributed by atoms with E-state index in [9.17, 15) is 14.4 Å². The summed E-state index contributed by atoms with van der Waals surface area (Å²) in [7, 11) is 2.07. The van der Waals surface area contributed by atoms with E-state index >= 15 is 0 Å². The van der Waals surface area contributed by atoms with Crippen LogP contribution in [0.3, 0.4) is 0 Å². The van der Waals surface area contributed by atoms with Gasteiger partial charge in [0.15, 0.2) is 5.78 Å². The van der Waals surface area contributed by atoms with Gasteiger partial charge in [-0.3, -0.25) is 14.4 Å². The molecule has 0 unspecified atom stereocenters. The molecule has 0 saturated carbocycles. The topological polar surface area (TPSA) is 82.7 Å². The molecule has 5 rings (SSSR count). The van der Waals surface area contributed by atoms with Crippen LogP contribution < -0.4 is 10.3 Å². The summed E-state index contributed by atoms with van der Waals surface area (Å²) in [5.74, 6) is 0.827. The second-order valence-corrected chi connectivity index (χ2v) is 11.6. The number of aromatic amines is 1. The molecular weight excluding hydrogens is 490 g/mol. The highest BCUT2D eigenvalue weighted by Crippen LogP contribution is 2.43. The summed E-state index contributed by atoms with van der Waals surface area (Å²) in [6.45, 7) is 11.1. The third-order valence-electron chi connectivity index (χ3n) is 7.81. The molecule has 2 aliphatic rings. The zero-order valence-electron chi connectivity index (χ0n) is 23.5. The molecule has 0 radical (unpaired) electrons. The lowest BCUT2D eigenvalue weighted by Gasteiger charge is -2.32. The maximum absolute atomic E-state index is 13.4. The van der Waals surface area contributed by atoms with Crippen molar-refractivity contribution in [2.45, 2.75) is 52.6 Å². The number of benzene rings is 2. The predicted octanol–water partition coefficient (Wildman–Crippen LogP) is 4.58. The largest absolute Gasteiger partial charge is 0.487 e. The Labute approximate surface area is 229 Å². The number of amides is 1. The number of hydrogen-bond acceptors (Lipinski definition) is 5. The third-order valence-corrected chi connectivity index (χ3v) is 7.81. The molecule has 3 aromatic rings. The Morgan fingerprint density at radius 3 is 2.33 bits per heavy atom. The molecule has 7 heteroatoms. The van der Waals surface area contributed by atoms with Crippen LogP contribution in [-0.4, -0.2) is 65.3 Å². The summed E-state index contributed by atoms with van der Waals surface area (Å²) in [5.41, 5.74) is 5.90. The first-order valence-electron chi connectivity index (χ1n) is 13.7. The van der Waals surface area contributed by atoms with Crippen LogP contribution in [0.2, 0.25) is 0 Å². The number of aryl methyl sites for hydroxylation is 2. The van der Waals surface area contributed by atoms with E-state index in [-0.39, 0.29) is 29.3 Å². The molecular formula is C32H37N3O4. The van der Waals surface area contributed by atoms with Crippen LogP contribution in [0, 0.1) is 13.8 Å². The highest BCUT2D eigenvalue weighted by molar-refractivity contribution is 5.99. The van der Waals surface area contributed by atoms with Crippen molar-refractivity contribution in [3.8, 4) is 16.9 Å². The van der Waals surface area contributed by atoms with Gasteiger partial charge in [0.2, 0.25) is 0 Å². The SMILES string of the molecule is Cc1cc(C)c(CCC(=O)c2cc3c(c(-c4ccc(C(=O)N5CCN(C)CC5)cc4)c2)OC(C)(C)C3)c(=O)[nH]1. The number of ether oxygens (including phenoxy) is 1. The number of ketones is 1. The van der Waals surface area contributed by atoms with E-state index in [1.807, 2.05) is 75.1 Å². The summed E-state index contributed by atoms with van der Waals surface area (Å²) >= 11 is 0. The van der Waals surface area contributed by atoms with Gasteiger partial charge in [0.1, 0.15) is 11.4 Å². The summed E-state index contributed by atoms with van der Waals surface area (Å²) in [6, 6.07) is 13.4. The minimum absolute atomic E-state index is 0.00926. The normalized spacial score (nSPS) is 16.6. The van der Waals surface area contributed by atoms with Gasteiger partial charge in [0, 0.05) is 67.0 Å². The Morgan fingerprint density at radius 1 is 0.974 bits per heavy atom. The number of carbonyl (C=O) groups is 2. The molecule has 1 aromatic heterocycles. The van der Waals surface area contributed by atoms with E-state index < -0.39 is 0 Å². The van der Waals surface area contributed by atoms with Gasteiger partial charge in [-0.1, -0.05) is 12.1 Å². The van der Waals surface area contributed by atoms with E-state index in [4.69, 9.17) is 4.74 Å². The molecule has 0 atom stereocenters. The van der Waals surface area contributed by atoms with E-state index in [0.29, 0.717) is 29.5 Å². The molecule has 3 heterocycles. The number of nitrogens with one attached hydrogen (secondary N) is 1. The lowest BCUT2D eigenvalue weighted by atomic mass is 9.92. The van der Waals surface area contributed by atoms with Crippen LogP contribution in [0.15, 0.2) is 47.3 Å². The molecule has 1 fully saturated rings. The first-order valence-corrected chi connectivity index (χ1v) is 13.7. The Balaban J connectivity index is 1.41. The van der Waals surface area contributed by atoms with Crippen molar-refractivity contribution in [2.24, 2.45) is 0 Å². The zero-order valence-corrected chi connectivity index (χ0v) is 23.5. The van der Waals surface area contributed by atoms with Crippen molar-refractivity contribution in [3.63, 3.8) is 0 Å². The summed E-state index contributed by atoms with van der Waals surface area (Å²) in [4.78, 5) is 45.8. The first kappa shape index (κ1) is 26.9. The molecule has 1 amide bonds. The Morgan fingerprint density at radius 2 is 1.67 bits per heavy atom. The number of fused-ring (bicyclic) bond motifs is 1. The van der Waals surface area contributed by atoms with Crippen molar-refractivity contribution in [1.82, 2.24) is 14.8 Å². The number of Topliss-reactive ketones (excluding diaryl/α,β-unsaturated/α-hetero) is 1. The number of hydrogen-bond donors (Lipinski definition) is 1. The van der Waals surface area contributed by atoms with Crippen molar-refractivity contribution >= 4 is 11.7 Å². The molecule has 39 heavy (non-hydrogen) atoms. The molecule has 1 saturated heterocycles. The van der Waals surface area contributed by atoms with Gasteiger partial charge in [-0.05, 0) is 88.2 Å².